The average Bonchev–Trinajstić information content (AvgIpc) is 2.43. The number of aliphatic hydroxyl groups is 1. The zero-order valence-electron chi connectivity index (χ0n) is 11.9. The molecule has 0 saturated heterocycles. The maximum absolute atomic E-state index is 11.9. The fraction of sp³-hybridized carbons (Fsp3) is 0.500. The van der Waals surface area contributed by atoms with Crippen molar-refractivity contribution in [2.75, 3.05) is 21.3 Å². The monoisotopic (exact) mass is 268 g/mol. The van der Waals surface area contributed by atoms with Gasteiger partial charge in [-0.1, -0.05) is 13.8 Å². The molecule has 1 aromatic rings. The number of ketones is 1. The number of hydrogen-bond acceptors (Lipinski definition) is 5. The normalized spacial score (nSPS) is 12.2. The minimum absolute atomic E-state index is 0.286. The van der Waals surface area contributed by atoms with Crippen molar-refractivity contribution in [1.29, 1.82) is 0 Å². The van der Waals surface area contributed by atoms with Crippen molar-refractivity contribution < 1.29 is 24.1 Å². The van der Waals surface area contributed by atoms with Crippen LogP contribution in [0, 0.1) is 5.92 Å². The number of carbonyl (C=O) groups is 1. The summed E-state index contributed by atoms with van der Waals surface area (Å²) >= 11 is 0. The van der Waals surface area contributed by atoms with E-state index in [4.69, 9.17) is 14.2 Å². The van der Waals surface area contributed by atoms with E-state index in [9.17, 15) is 9.90 Å². The largest absolute Gasteiger partial charge is 0.496 e. The van der Waals surface area contributed by atoms with Gasteiger partial charge in [0, 0.05) is 18.1 Å². The van der Waals surface area contributed by atoms with Gasteiger partial charge in [-0.25, -0.2) is 0 Å². The van der Waals surface area contributed by atoms with E-state index >= 15 is 0 Å². The minimum atomic E-state index is -1.28. The second kappa shape index (κ2) is 6.43. The van der Waals surface area contributed by atoms with Crippen molar-refractivity contribution in [3.05, 3.63) is 17.7 Å². The van der Waals surface area contributed by atoms with Gasteiger partial charge in [-0.15, -0.1) is 0 Å². The van der Waals surface area contributed by atoms with Gasteiger partial charge >= 0.3 is 0 Å². The molecule has 0 amide bonds. The highest BCUT2D eigenvalue weighted by Gasteiger charge is 2.27. The molecule has 0 radical (unpaired) electrons. The van der Waals surface area contributed by atoms with Crippen molar-refractivity contribution in [2.24, 2.45) is 5.92 Å². The summed E-state index contributed by atoms with van der Waals surface area (Å²) in [7, 11) is 4.44. The van der Waals surface area contributed by atoms with Crippen molar-refractivity contribution in [3.63, 3.8) is 0 Å². The highest BCUT2D eigenvalue weighted by atomic mass is 16.5. The lowest BCUT2D eigenvalue weighted by Crippen LogP contribution is -2.19. The van der Waals surface area contributed by atoms with Crippen LogP contribution in [0.5, 0.6) is 17.2 Å². The molecule has 106 valence electrons. The zero-order chi connectivity index (χ0) is 14.6. The first-order valence-corrected chi connectivity index (χ1v) is 5.97. The van der Waals surface area contributed by atoms with Gasteiger partial charge in [-0.2, -0.15) is 0 Å². The van der Waals surface area contributed by atoms with Crippen LogP contribution < -0.4 is 14.2 Å². The Kier molecular flexibility index (Phi) is 5.18. The summed E-state index contributed by atoms with van der Waals surface area (Å²) < 4.78 is 15.5. The molecule has 0 aliphatic carbocycles. The first kappa shape index (κ1) is 15.3. The first-order valence-electron chi connectivity index (χ1n) is 5.97. The summed E-state index contributed by atoms with van der Waals surface area (Å²) in [6.45, 7) is 3.46. The molecule has 0 heterocycles. The Bertz CT molecular complexity index is 428. The Morgan fingerprint density at radius 3 is 1.84 bits per heavy atom. The van der Waals surface area contributed by atoms with Crippen LogP contribution in [-0.4, -0.2) is 32.2 Å². The van der Waals surface area contributed by atoms with Gasteiger partial charge in [0.05, 0.1) is 26.9 Å². The number of methoxy groups -OCH3 is 3. The summed E-state index contributed by atoms with van der Waals surface area (Å²) in [5.41, 5.74) is 0.324. The molecule has 0 bridgehead atoms. The fourth-order valence-electron chi connectivity index (χ4n) is 1.76. The Labute approximate surface area is 113 Å². The van der Waals surface area contributed by atoms with Crippen molar-refractivity contribution in [1.82, 2.24) is 0 Å². The summed E-state index contributed by atoms with van der Waals surface area (Å²) in [5, 5.41) is 10.2. The Morgan fingerprint density at radius 1 is 1.05 bits per heavy atom. The van der Waals surface area contributed by atoms with E-state index in [1.54, 1.807) is 26.0 Å². The number of hydrogen-bond donors (Lipinski definition) is 1. The number of ether oxygens (including phenoxy) is 3. The van der Waals surface area contributed by atoms with Crippen LogP contribution in [0.15, 0.2) is 12.1 Å². The quantitative estimate of drug-likeness (QED) is 0.854. The standard InChI is InChI=1S/C14H20O5/c1-8(2)13(15)14(16)12-10(18-4)6-9(17-3)7-11(12)19-5/h6-8,14,16H,1-5H3. The molecule has 1 rings (SSSR count). The Balaban J connectivity index is 3.35. The topological polar surface area (TPSA) is 65.0 Å². The first-order chi connectivity index (χ1) is 8.96. The predicted octanol–water partition coefficient (Wildman–Crippen LogP) is 1.97. The van der Waals surface area contributed by atoms with Gasteiger partial charge in [-0.3, -0.25) is 4.79 Å². The van der Waals surface area contributed by atoms with Gasteiger partial charge in [0.15, 0.2) is 5.78 Å². The molecular formula is C14H20O5. The van der Waals surface area contributed by atoms with Crippen molar-refractivity contribution in [3.8, 4) is 17.2 Å². The SMILES string of the molecule is COc1cc(OC)c(C(O)C(=O)C(C)C)c(OC)c1. The molecule has 1 unspecified atom stereocenters. The third kappa shape index (κ3) is 3.17. The second-order valence-corrected chi connectivity index (χ2v) is 4.41. The van der Waals surface area contributed by atoms with Crippen molar-refractivity contribution in [2.45, 2.75) is 20.0 Å². The van der Waals surface area contributed by atoms with E-state index in [-0.39, 0.29) is 11.7 Å². The lowest BCUT2D eigenvalue weighted by atomic mass is 9.96. The second-order valence-electron chi connectivity index (χ2n) is 4.41. The lowest BCUT2D eigenvalue weighted by Gasteiger charge is -2.19. The van der Waals surface area contributed by atoms with E-state index < -0.39 is 6.10 Å². The molecular weight excluding hydrogens is 248 g/mol. The van der Waals surface area contributed by atoms with Crippen LogP contribution in [0.4, 0.5) is 0 Å². The Hall–Kier alpha value is -1.75. The molecule has 19 heavy (non-hydrogen) atoms. The number of aliphatic hydroxyl groups excluding tert-OH is 1. The van der Waals surface area contributed by atoms with Gasteiger partial charge < -0.3 is 19.3 Å². The molecule has 0 spiro atoms. The molecule has 0 aliphatic heterocycles. The maximum Gasteiger partial charge on any atom is 0.168 e. The van der Waals surface area contributed by atoms with E-state index in [1.807, 2.05) is 0 Å². The van der Waals surface area contributed by atoms with Gasteiger partial charge in [-0.05, 0) is 0 Å². The maximum atomic E-state index is 11.9. The minimum Gasteiger partial charge on any atom is -0.496 e. The van der Waals surface area contributed by atoms with Crippen LogP contribution in [-0.2, 0) is 4.79 Å². The van der Waals surface area contributed by atoms with Gasteiger partial charge in [0.25, 0.3) is 0 Å². The predicted molar refractivity (Wildman–Crippen MR) is 70.9 cm³/mol. The molecule has 5 heteroatoms. The molecule has 5 nitrogen and oxygen atoms in total. The van der Waals surface area contributed by atoms with Crippen LogP contribution in [0.3, 0.4) is 0 Å². The third-order valence-electron chi connectivity index (χ3n) is 2.87. The van der Waals surface area contributed by atoms with E-state index in [2.05, 4.69) is 0 Å². The van der Waals surface area contributed by atoms with E-state index in [0.717, 1.165) is 0 Å². The number of Topliss-reactive ketones (excluding diaryl/α,β-unsaturated/α-hetero) is 1. The van der Waals surface area contributed by atoms with E-state index in [1.165, 1.54) is 21.3 Å². The molecule has 1 aromatic carbocycles. The van der Waals surface area contributed by atoms with E-state index in [0.29, 0.717) is 22.8 Å². The van der Waals surface area contributed by atoms with Crippen molar-refractivity contribution >= 4 is 5.78 Å². The molecule has 1 atom stereocenters. The van der Waals surface area contributed by atoms with Crippen LogP contribution in [0.1, 0.15) is 25.5 Å². The zero-order valence-corrected chi connectivity index (χ0v) is 11.9. The number of rotatable bonds is 6. The van der Waals surface area contributed by atoms with Crippen LogP contribution in [0.25, 0.3) is 0 Å². The van der Waals surface area contributed by atoms with Crippen LogP contribution >= 0.6 is 0 Å². The summed E-state index contributed by atoms with van der Waals surface area (Å²) in [4.78, 5) is 11.9. The highest BCUT2D eigenvalue weighted by Crippen LogP contribution is 2.39. The van der Waals surface area contributed by atoms with Gasteiger partial charge in [0.1, 0.15) is 23.4 Å². The average molecular weight is 268 g/mol. The summed E-state index contributed by atoms with van der Waals surface area (Å²) in [6, 6.07) is 3.21. The lowest BCUT2D eigenvalue weighted by molar-refractivity contribution is -0.130. The fourth-order valence-corrected chi connectivity index (χ4v) is 1.76. The number of benzene rings is 1. The molecule has 0 saturated carbocycles. The molecule has 0 aromatic heterocycles. The summed E-state index contributed by atoms with van der Waals surface area (Å²) in [5.74, 6) is 0.672. The third-order valence-corrected chi connectivity index (χ3v) is 2.87. The van der Waals surface area contributed by atoms with Crippen LogP contribution in [0.2, 0.25) is 0 Å². The highest BCUT2D eigenvalue weighted by molar-refractivity contribution is 5.87. The summed E-state index contributed by atoms with van der Waals surface area (Å²) in [6.07, 6.45) is -1.28. The molecule has 0 fully saturated rings. The molecule has 0 aliphatic rings. The van der Waals surface area contributed by atoms with Gasteiger partial charge in [0.2, 0.25) is 0 Å². The smallest absolute Gasteiger partial charge is 0.168 e. The molecule has 1 N–H and O–H groups in total. The number of carbonyl (C=O) groups excluding carboxylic acids is 1. The Morgan fingerprint density at radius 2 is 1.53 bits per heavy atom.